The molecular weight excluding hydrogens is 246 g/mol. The molecule has 1 aromatic heterocycles. The second-order valence-electron chi connectivity index (χ2n) is 5.91. The van der Waals surface area contributed by atoms with Crippen LogP contribution in [0.3, 0.4) is 0 Å². The Kier molecular flexibility index (Phi) is 3.93. The molecule has 1 atom stereocenters. The highest BCUT2D eigenvalue weighted by Gasteiger charge is 2.17. The van der Waals surface area contributed by atoms with Gasteiger partial charge < -0.3 is 10.2 Å². The van der Waals surface area contributed by atoms with Gasteiger partial charge in [-0.3, -0.25) is 0 Å². The number of nitrogens with two attached hydrogens (primary N) is 1. The van der Waals surface area contributed by atoms with Gasteiger partial charge in [0.1, 0.15) is 5.76 Å². The molecular formula is C18H23NO. The van der Waals surface area contributed by atoms with Crippen molar-refractivity contribution in [1.29, 1.82) is 0 Å². The highest BCUT2D eigenvalue weighted by atomic mass is 16.3. The maximum absolute atomic E-state index is 6.33. The minimum absolute atomic E-state index is 0.0887. The summed E-state index contributed by atoms with van der Waals surface area (Å²) in [6.45, 7) is 1.96. The smallest absolute Gasteiger partial charge is 0.105 e. The van der Waals surface area contributed by atoms with Gasteiger partial charge in [0.25, 0.3) is 0 Å². The zero-order valence-corrected chi connectivity index (χ0v) is 12.1. The van der Waals surface area contributed by atoms with E-state index in [4.69, 9.17) is 10.2 Å². The zero-order valence-electron chi connectivity index (χ0n) is 12.1. The Morgan fingerprint density at radius 2 is 1.75 bits per heavy atom. The van der Waals surface area contributed by atoms with Crippen LogP contribution >= 0.6 is 0 Å². The molecule has 1 aliphatic rings. The van der Waals surface area contributed by atoms with Gasteiger partial charge in [0.2, 0.25) is 0 Å². The van der Waals surface area contributed by atoms with Crippen LogP contribution < -0.4 is 5.73 Å². The molecule has 0 spiro atoms. The van der Waals surface area contributed by atoms with Gasteiger partial charge in [-0.2, -0.15) is 0 Å². The zero-order chi connectivity index (χ0) is 13.9. The molecule has 106 valence electrons. The fraction of sp³-hybridized carbons (Fsp3) is 0.444. The van der Waals surface area contributed by atoms with Crippen molar-refractivity contribution in [2.45, 2.75) is 51.0 Å². The van der Waals surface area contributed by atoms with Gasteiger partial charge in [-0.25, -0.2) is 0 Å². The topological polar surface area (TPSA) is 39.2 Å². The van der Waals surface area contributed by atoms with Crippen LogP contribution in [0.2, 0.25) is 0 Å². The van der Waals surface area contributed by atoms with Crippen molar-refractivity contribution < 1.29 is 4.42 Å². The molecule has 2 nitrogen and oxygen atoms in total. The average molecular weight is 269 g/mol. The van der Waals surface area contributed by atoms with Gasteiger partial charge in [-0.05, 0) is 42.9 Å². The lowest BCUT2D eigenvalue weighted by Gasteiger charge is -2.22. The minimum Gasteiger partial charge on any atom is -0.469 e. The maximum atomic E-state index is 6.33. The molecule has 1 fully saturated rings. The molecule has 1 aromatic carbocycles. The number of aryl methyl sites for hydroxylation is 1. The third-order valence-corrected chi connectivity index (χ3v) is 4.61. The SMILES string of the molecule is Cc1occc1C(N)c1ccc(C2CCCCC2)cc1. The second kappa shape index (κ2) is 5.84. The number of benzene rings is 1. The molecule has 1 unspecified atom stereocenters. The lowest BCUT2D eigenvalue weighted by molar-refractivity contribution is 0.443. The molecule has 2 N–H and O–H groups in total. The van der Waals surface area contributed by atoms with Gasteiger partial charge in [-0.15, -0.1) is 0 Å². The van der Waals surface area contributed by atoms with Crippen LogP contribution in [0.1, 0.15) is 66.5 Å². The van der Waals surface area contributed by atoms with Crippen molar-refractivity contribution >= 4 is 0 Å². The van der Waals surface area contributed by atoms with Crippen LogP contribution in [0.4, 0.5) is 0 Å². The summed E-state index contributed by atoms with van der Waals surface area (Å²) >= 11 is 0. The minimum atomic E-state index is -0.0887. The summed E-state index contributed by atoms with van der Waals surface area (Å²) in [6.07, 6.45) is 8.54. The van der Waals surface area contributed by atoms with Gasteiger partial charge in [-0.1, -0.05) is 43.5 Å². The monoisotopic (exact) mass is 269 g/mol. The quantitative estimate of drug-likeness (QED) is 0.878. The summed E-state index contributed by atoms with van der Waals surface area (Å²) in [4.78, 5) is 0. The predicted octanol–water partition coefficient (Wildman–Crippen LogP) is 4.68. The van der Waals surface area contributed by atoms with E-state index in [0.717, 1.165) is 22.8 Å². The van der Waals surface area contributed by atoms with Crippen LogP contribution in [0.15, 0.2) is 41.0 Å². The fourth-order valence-corrected chi connectivity index (χ4v) is 3.31. The lowest BCUT2D eigenvalue weighted by atomic mass is 9.83. The molecule has 3 rings (SSSR count). The highest BCUT2D eigenvalue weighted by Crippen LogP contribution is 2.33. The Labute approximate surface area is 121 Å². The third kappa shape index (κ3) is 2.66. The molecule has 1 heterocycles. The van der Waals surface area contributed by atoms with Crippen LogP contribution in [-0.2, 0) is 0 Å². The molecule has 0 saturated heterocycles. The van der Waals surface area contributed by atoms with Gasteiger partial charge in [0, 0.05) is 5.56 Å². The molecule has 0 aliphatic heterocycles. The number of rotatable bonds is 3. The van der Waals surface area contributed by atoms with E-state index in [1.165, 1.54) is 37.7 Å². The normalized spacial score (nSPS) is 18.1. The van der Waals surface area contributed by atoms with Crippen LogP contribution in [0.5, 0.6) is 0 Å². The Hall–Kier alpha value is -1.54. The third-order valence-electron chi connectivity index (χ3n) is 4.61. The van der Waals surface area contributed by atoms with E-state index in [0.29, 0.717) is 0 Å². The van der Waals surface area contributed by atoms with E-state index in [-0.39, 0.29) is 6.04 Å². The Bertz CT molecular complexity index is 549. The van der Waals surface area contributed by atoms with E-state index >= 15 is 0 Å². The summed E-state index contributed by atoms with van der Waals surface area (Å²) in [7, 11) is 0. The fourth-order valence-electron chi connectivity index (χ4n) is 3.31. The first-order valence-corrected chi connectivity index (χ1v) is 7.65. The predicted molar refractivity (Wildman–Crippen MR) is 81.7 cm³/mol. The molecule has 0 bridgehead atoms. The van der Waals surface area contributed by atoms with E-state index in [2.05, 4.69) is 24.3 Å². The molecule has 1 aliphatic carbocycles. The summed E-state index contributed by atoms with van der Waals surface area (Å²) in [5.74, 6) is 1.67. The maximum Gasteiger partial charge on any atom is 0.105 e. The summed E-state index contributed by atoms with van der Waals surface area (Å²) in [5.41, 5.74) is 10.0. The van der Waals surface area contributed by atoms with E-state index in [1.54, 1.807) is 6.26 Å². The first-order chi connectivity index (χ1) is 9.75. The highest BCUT2D eigenvalue weighted by molar-refractivity contribution is 5.35. The van der Waals surface area contributed by atoms with E-state index in [9.17, 15) is 0 Å². The van der Waals surface area contributed by atoms with Crippen LogP contribution in [0, 0.1) is 6.92 Å². The Morgan fingerprint density at radius 3 is 2.35 bits per heavy atom. The Morgan fingerprint density at radius 1 is 1.05 bits per heavy atom. The first kappa shape index (κ1) is 13.4. The van der Waals surface area contributed by atoms with Crippen molar-refractivity contribution in [1.82, 2.24) is 0 Å². The largest absolute Gasteiger partial charge is 0.469 e. The van der Waals surface area contributed by atoms with Crippen LogP contribution in [-0.4, -0.2) is 0 Å². The van der Waals surface area contributed by atoms with Crippen molar-refractivity contribution in [2.24, 2.45) is 5.73 Å². The van der Waals surface area contributed by atoms with Gasteiger partial charge in [0.15, 0.2) is 0 Å². The van der Waals surface area contributed by atoms with Gasteiger partial charge >= 0.3 is 0 Å². The summed E-state index contributed by atoms with van der Waals surface area (Å²) < 4.78 is 5.35. The Balaban J connectivity index is 1.77. The van der Waals surface area contributed by atoms with Crippen molar-refractivity contribution in [3.8, 4) is 0 Å². The molecule has 2 heteroatoms. The number of hydrogen-bond donors (Lipinski definition) is 1. The molecule has 1 saturated carbocycles. The molecule has 0 amide bonds. The number of hydrogen-bond acceptors (Lipinski definition) is 2. The van der Waals surface area contributed by atoms with Crippen molar-refractivity contribution in [3.05, 3.63) is 59.0 Å². The summed E-state index contributed by atoms with van der Waals surface area (Å²) in [5, 5.41) is 0. The lowest BCUT2D eigenvalue weighted by Crippen LogP contribution is -2.12. The van der Waals surface area contributed by atoms with Crippen molar-refractivity contribution in [2.75, 3.05) is 0 Å². The van der Waals surface area contributed by atoms with E-state index < -0.39 is 0 Å². The second-order valence-corrected chi connectivity index (χ2v) is 5.91. The first-order valence-electron chi connectivity index (χ1n) is 7.65. The molecule has 0 radical (unpaired) electrons. The average Bonchev–Trinajstić information content (AvgIpc) is 2.94. The molecule has 2 aromatic rings. The van der Waals surface area contributed by atoms with Gasteiger partial charge in [0.05, 0.1) is 12.3 Å². The van der Waals surface area contributed by atoms with Crippen LogP contribution in [0.25, 0.3) is 0 Å². The van der Waals surface area contributed by atoms with E-state index in [1.807, 2.05) is 13.0 Å². The molecule has 20 heavy (non-hydrogen) atoms. The van der Waals surface area contributed by atoms with Crippen molar-refractivity contribution in [3.63, 3.8) is 0 Å². The summed E-state index contributed by atoms with van der Waals surface area (Å²) in [6, 6.07) is 10.8. The number of furan rings is 1. The standard InChI is InChI=1S/C18H23NO/c1-13-17(11-12-20-13)18(19)16-9-7-15(8-10-16)14-5-3-2-4-6-14/h7-12,14,18H,2-6,19H2,1H3.